The number of amides is 1. The summed E-state index contributed by atoms with van der Waals surface area (Å²) in [7, 11) is 0. The number of hydrogen-bond acceptors (Lipinski definition) is 4. The number of carbonyl (C=O) groups excluding carboxylic acids is 1. The Kier molecular flexibility index (Phi) is 3.64. The Labute approximate surface area is 119 Å². The lowest BCUT2D eigenvalue weighted by atomic mass is 10.3. The van der Waals surface area contributed by atoms with Crippen LogP contribution in [0.2, 0.25) is 0 Å². The maximum Gasteiger partial charge on any atom is 0.270 e. The number of halogens is 1. The van der Waals surface area contributed by atoms with Crippen molar-refractivity contribution in [3.05, 3.63) is 46.2 Å². The summed E-state index contributed by atoms with van der Waals surface area (Å²) < 4.78 is 18.4. The number of rotatable bonds is 5. The summed E-state index contributed by atoms with van der Waals surface area (Å²) in [6.07, 6.45) is 2.09. The average Bonchev–Trinajstić information content (AvgIpc) is 3.11. The van der Waals surface area contributed by atoms with E-state index in [1.807, 2.05) is 0 Å². The standard InChI is InChI=1S/C14H13FN2O2S/c15-9-2-1-3-11(6-9)19-7-13-17-12(8-20-13)14(18)16-10-4-5-10/h1-3,6,8,10H,4-5,7H2,(H,16,18). The van der Waals surface area contributed by atoms with Gasteiger partial charge in [-0.3, -0.25) is 4.79 Å². The summed E-state index contributed by atoms with van der Waals surface area (Å²) in [5.74, 6) is -0.0314. The minimum atomic E-state index is -0.342. The summed E-state index contributed by atoms with van der Waals surface area (Å²) in [6, 6.07) is 6.25. The summed E-state index contributed by atoms with van der Waals surface area (Å²) >= 11 is 1.36. The van der Waals surface area contributed by atoms with E-state index in [4.69, 9.17) is 4.74 Å². The van der Waals surface area contributed by atoms with Gasteiger partial charge in [-0.25, -0.2) is 9.37 Å². The third kappa shape index (κ3) is 3.33. The molecular formula is C14H13FN2O2S. The highest BCUT2D eigenvalue weighted by Crippen LogP contribution is 2.20. The molecule has 0 bridgehead atoms. The molecule has 20 heavy (non-hydrogen) atoms. The second-order valence-electron chi connectivity index (χ2n) is 4.62. The van der Waals surface area contributed by atoms with Crippen molar-refractivity contribution < 1.29 is 13.9 Å². The van der Waals surface area contributed by atoms with Crippen molar-refractivity contribution in [1.82, 2.24) is 10.3 Å². The van der Waals surface area contributed by atoms with Crippen LogP contribution >= 0.6 is 11.3 Å². The Balaban J connectivity index is 1.58. The lowest BCUT2D eigenvalue weighted by molar-refractivity contribution is 0.0946. The van der Waals surface area contributed by atoms with Crippen LogP contribution in [-0.2, 0) is 6.61 Å². The van der Waals surface area contributed by atoms with Crippen LogP contribution in [0.1, 0.15) is 28.3 Å². The van der Waals surface area contributed by atoms with Gasteiger partial charge in [-0.1, -0.05) is 6.07 Å². The molecule has 2 aromatic rings. The predicted molar refractivity (Wildman–Crippen MR) is 73.3 cm³/mol. The molecule has 1 aromatic carbocycles. The number of carbonyl (C=O) groups is 1. The molecule has 1 aromatic heterocycles. The summed E-state index contributed by atoms with van der Waals surface area (Å²) in [6.45, 7) is 0.227. The summed E-state index contributed by atoms with van der Waals surface area (Å²) in [4.78, 5) is 16.0. The SMILES string of the molecule is O=C(NC1CC1)c1csc(COc2cccc(F)c2)n1. The van der Waals surface area contributed by atoms with Gasteiger partial charge in [0.05, 0.1) is 0 Å². The Morgan fingerprint density at radius 1 is 1.50 bits per heavy atom. The highest BCUT2D eigenvalue weighted by atomic mass is 32.1. The largest absolute Gasteiger partial charge is 0.486 e. The number of ether oxygens (including phenoxy) is 1. The first-order valence-electron chi connectivity index (χ1n) is 6.34. The highest BCUT2D eigenvalue weighted by Gasteiger charge is 2.24. The van der Waals surface area contributed by atoms with Crippen molar-refractivity contribution in [3.8, 4) is 5.75 Å². The summed E-state index contributed by atoms with van der Waals surface area (Å²) in [5.41, 5.74) is 0.416. The zero-order chi connectivity index (χ0) is 13.9. The van der Waals surface area contributed by atoms with Gasteiger partial charge in [0.1, 0.15) is 28.9 Å². The van der Waals surface area contributed by atoms with E-state index in [0.29, 0.717) is 22.5 Å². The minimum absolute atomic E-state index is 0.138. The van der Waals surface area contributed by atoms with E-state index in [0.717, 1.165) is 12.8 Å². The minimum Gasteiger partial charge on any atom is -0.486 e. The van der Waals surface area contributed by atoms with Crippen LogP contribution in [0.3, 0.4) is 0 Å². The maximum atomic E-state index is 13.0. The Bertz CT molecular complexity index is 625. The van der Waals surface area contributed by atoms with Gasteiger partial charge >= 0.3 is 0 Å². The van der Waals surface area contributed by atoms with Crippen molar-refractivity contribution in [2.45, 2.75) is 25.5 Å². The molecule has 1 fully saturated rings. The quantitative estimate of drug-likeness (QED) is 0.922. The van der Waals surface area contributed by atoms with Crippen LogP contribution in [-0.4, -0.2) is 16.9 Å². The second kappa shape index (κ2) is 5.58. The van der Waals surface area contributed by atoms with Gasteiger partial charge in [0.15, 0.2) is 0 Å². The van der Waals surface area contributed by atoms with E-state index in [-0.39, 0.29) is 18.3 Å². The first-order valence-corrected chi connectivity index (χ1v) is 7.22. The molecule has 1 aliphatic rings. The van der Waals surface area contributed by atoms with Gasteiger partial charge in [-0.2, -0.15) is 0 Å². The third-order valence-electron chi connectivity index (χ3n) is 2.86. The lowest BCUT2D eigenvalue weighted by Gasteiger charge is -2.03. The normalized spacial score (nSPS) is 14.1. The fraction of sp³-hybridized carbons (Fsp3) is 0.286. The van der Waals surface area contributed by atoms with Crippen molar-refractivity contribution in [2.75, 3.05) is 0 Å². The van der Waals surface area contributed by atoms with Crippen LogP contribution in [0.15, 0.2) is 29.6 Å². The van der Waals surface area contributed by atoms with Crippen LogP contribution in [0.4, 0.5) is 4.39 Å². The van der Waals surface area contributed by atoms with Gasteiger partial charge in [-0.15, -0.1) is 11.3 Å². The Morgan fingerprint density at radius 3 is 3.10 bits per heavy atom. The zero-order valence-electron chi connectivity index (χ0n) is 10.6. The van der Waals surface area contributed by atoms with Gasteiger partial charge in [0.2, 0.25) is 0 Å². The van der Waals surface area contributed by atoms with Crippen LogP contribution in [0.5, 0.6) is 5.75 Å². The third-order valence-corrected chi connectivity index (χ3v) is 3.68. The molecule has 4 nitrogen and oxygen atoms in total. The highest BCUT2D eigenvalue weighted by molar-refractivity contribution is 7.09. The van der Waals surface area contributed by atoms with E-state index >= 15 is 0 Å². The molecule has 0 spiro atoms. The van der Waals surface area contributed by atoms with Gasteiger partial charge in [0, 0.05) is 17.5 Å². The molecule has 1 amide bonds. The van der Waals surface area contributed by atoms with E-state index < -0.39 is 0 Å². The molecule has 1 heterocycles. The molecule has 0 unspecified atom stereocenters. The smallest absolute Gasteiger partial charge is 0.270 e. The Morgan fingerprint density at radius 2 is 2.35 bits per heavy atom. The van der Waals surface area contributed by atoms with Crippen molar-refractivity contribution in [1.29, 1.82) is 0 Å². The van der Waals surface area contributed by atoms with E-state index in [9.17, 15) is 9.18 Å². The van der Waals surface area contributed by atoms with Crippen LogP contribution in [0, 0.1) is 5.82 Å². The lowest BCUT2D eigenvalue weighted by Crippen LogP contribution is -2.25. The molecule has 3 rings (SSSR count). The predicted octanol–water partition coefficient (Wildman–Crippen LogP) is 2.75. The number of nitrogens with one attached hydrogen (secondary N) is 1. The molecule has 6 heteroatoms. The monoisotopic (exact) mass is 292 g/mol. The molecular weight excluding hydrogens is 279 g/mol. The van der Waals surface area contributed by atoms with E-state index in [1.54, 1.807) is 17.5 Å². The van der Waals surface area contributed by atoms with Gasteiger partial charge in [-0.05, 0) is 25.0 Å². The van der Waals surface area contributed by atoms with Crippen LogP contribution in [0.25, 0.3) is 0 Å². The van der Waals surface area contributed by atoms with Gasteiger partial charge < -0.3 is 10.1 Å². The first-order chi connectivity index (χ1) is 9.70. The molecule has 0 atom stereocenters. The van der Waals surface area contributed by atoms with E-state index in [2.05, 4.69) is 10.3 Å². The van der Waals surface area contributed by atoms with Crippen molar-refractivity contribution >= 4 is 17.2 Å². The number of hydrogen-bond donors (Lipinski definition) is 1. The Hall–Kier alpha value is -1.95. The van der Waals surface area contributed by atoms with E-state index in [1.165, 1.54) is 23.5 Å². The molecule has 0 radical (unpaired) electrons. The molecule has 0 saturated heterocycles. The fourth-order valence-electron chi connectivity index (χ4n) is 1.67. The number of thiazole rings is 1. The molecule has 1 saturated carbocycles. The van der Waals surface area contributed by atoms with Crippen molar-refractivity contribution in [3.63, 3.8) is 0 Å². The topological polar surface area (TPSA) is 51.2 Å². The maximum absolute atomic E-state index is 13.0. The molecule has 104 valence electrons. The first kappa shape index (κ1) is 13.1. The number of nitrogens with zero attached hydrogens (tertiary/aromatic N) is 1. The summed E-state index contributed by atoms with van der Waals surface area (Å²) in [5, 5.41) is 5.28. The van der Waals surface area contributed by atoms with Crippen LogP contribution < -0.4 is 10.1 Å². The molecule has 0 aliphatic heterocycles. The second-order valence-corrected chi connectivity index (χ2v) is 5.56. The molecule has 1 aliphatic carbocycles. The molecule has 1 N–H and O–H groups in total. The van der Waals surface area contributed by atoms with Crippen molar-refractivity contribution in [2.24, 2.45) is 0 Å². The zero-order valence-corrected chi connectivity index (χ0v) is 11.5. The number of benzene rings is 1. The number of aromatic nitrogens is 1. The average molecular weight is 292 g/mol. The van der Waals surface area contributed by atoms with Gasteiger partial charge in [0.25, 0.3) is 5.91 Å². The fourth-order valence-corrected chi connectivity index (χ4v) is 2.36.